The summed E-state index contributed by atoms with van der Waals surface area (Å²) in [7, 11) is 0. The van der Waals surface area contributed by atoms with Crippen molar-refractivity contribution >= 4 is 84.7 Å². The molecule has 31 heavy (non-hydrogen) atoms. The van der Waals surface area contributed by atoms with Gasteiger partial charge >= 0.3 is 6.03 Å². The predicted molar refractivity (Wildman–Crippen MR) is 128 cm³/mol. The first-order valence-electron chi connectivity index (χ1n) is 9.06. The first kappa shape index (κ1) is 23.8. The summed E-state index contributed by atoms with van der Waals surface area (Å²) in [4.78, 5) is 38.6. The molecule has 0 aromatic heterocycles. The fourth-order valence-electron chi connectivity index (χ4n) is 2.73. The van der Waals surface area contributed by atoms with Crippen LogP contribution in [-0.2, 0) is 9.59 Å². The van der Waals surface area contributed by atoms with E-state index >= 15 is 0 Å². The van der Waals surface area contributed by atoms with E-state index in [4.69, 9.17) is 27.9 Å². The number of rotatable bonds is 5. The Labute approximate surface area is 205 Å². The van der Waals surface area contributed by atoms with Gasteiger partial charge in [-0.2, -0.15) is 0 Å². The van der Waals surface area contributed by atoms with Crippen LogP contribution in [-0.4, -0.2) is 24.5 Å². The average molecular weight is 591 g/mol. The van der Waals surface area contributed by atoms with Crippen molar-refractivity contribution in [2.45, 2.75) is 13.8 Å². The van der Waals surface area contributed by atoms with Crippen LogP contribution in [0.25, 0.3) is 6.08 Å². The van der Waals surface area contributed by atoms with Gasteiger partial charge in [-0.3, -0.25) is 14.9 Å². The molecule has 0 atom stereocenters. The zero-order chi connectivity index (χ0) is 22.9. The highest BCUT2D eigenvalue weighted by Crippen LogP contribution is 2.36. The lowest BCUT2D eigenvalue weighted by Gasteiger charge is -2.26. The van der Waals surface area contributed by atoms with Crippen LogP contribution in [0.2, 0.25) is 10.0 Å². The molecule has 4 amide bonds. The van der Waals surface area contributed by atoms with Crippen molar-refractivity contribution in [3.05, 3.63) is 60.5 Å². The molecule has 0 bridgehead atoms. The Morgan fingerprint density at radius 2 is 1.71 bits per heavy atom. The number of ether oxygens (including phenoxy) is 1. The van der Waals surface area contributed by atoms with Gasteiger partial charge in [-0.25, -0.2) is 9.69 Å². The number of nitrogens with zero attached hydrogens (tertiary/aromatic N) is 1. The number of anilines is 1. The summed E-state index contributed by atoms with van der Waals surface area (Å²) >= 11 is 18.8. The summed E-state index contributed by atoms with van der Waals surface area (Å²) in [6.07, 6.45) is 1.40. The zero-order valence-electron chi connectivity index (χ0n) is 16.3. The molecule has 162 valence electrons. The fourth-order valence-corrected chi connectivity index (χ4v) is 4.48. The maximum Gasteiger partial charge on any atom is 0.335 e. The third kappa shape index (κ3) is 5.31. The van der Waals surface area contributed by atoms with Crippen molar-refractivity contribution in [1.82, 2.24) is 5.32 Å². The molecule has 1 saturated heterocycles. The molecule has 0 spiro atoms. The molecule has 1 aliphatic rings. The number of benzene rings is 2. The molecular weight excluding hydrogens is 575 g/mol. The SMILES string of the molecule is CC(C)COc1c(Br)cc(/C=C2\C(=O)NC(=O)N(c3ccc(Cl)c(Cl)c3)C2=O)cc1Br. The van der Waals surface area contributed by atoms with Crippen molar-refractivity contribution in [3.63, 3.8) is 0 Å². The first-order valence-corrected chi connectivity index (χ1v) is 11.4. The average Bonchev–Trinajstić information content (AvgIpc) is 2.67. The molecule has 1 aliphatic heterocycles. The van der Waals surface area contributed by atoms with Crippen molar-refractivity contribution in [3.8, 4) is 5.75 Å². The molecule has 1 heterocycles. The number of halogens is 4. The highest BCUT2D eigenvalue weighted by atomic mass is 79.9. The van der Waals surface area contributed by atoms with Gasteiger partial charge in [0, 0.05) is 0 Å². The van der Waals surface area contributed by atoms with E-state index in [-0.39, 0.29) is 21.3 Å². The molecule has 0 aliphatic carbocycles. The summed E-state index contributed by atoms with van der Waals surface area (Å²) in [5.41, 5.74) is 0.535. The standard InChI is InChI=1S/C21H16Br2Cl2N2O4/c1-10(2)9-31-18-14(22)6-11(7-15(18)23)5-13-19(28)26-21(30)27(20(13)29)12-3-4-16(24)17(25)8-12/h3-8,10H,9H2,1-2H3,(H,26,28,30)/b13-5+. The summed E-state index contributed by atoms with van der Waals surface area (Å²) in [6.45, 7) is 4.60. The molecule has 2 aromatic carbocycles. The number of imide groups is 2. The largest absolute Gasteiger partial charge is 0.491 e. The van der Waals surface area contributed by atoms with E-state index in [9.17, 15) is 14.4 Å². The van der Waals surface area contributed by atoms with Crippen LogP contribution in [0.5, 0.6) is 5.75 Å². The van der Waals surface area contributed by atoms with Gasteiger partial charge in [-0.15, -0.1) is 0 Å². The monoisotopic (exact) mass is 588 g/mol. The number of carbonyl (C=O) groups excluding carboxylic acids is 3. The van der Waals surface area contributed by atoms with Gasteiger partial charge in [-0.1, -0.05) is 37.0 Å². The lowest BCUT2D eigenvalue weighted by atomic mass is 10.1. The third-order valence-electron chi connectivity index (χ3n) is 4.16. The minimum atomic E-state index is -0.870. The Kier molecular flexibility index (Phi) is 7.47. The summed E-state index contributed by atoms with van der Waals surface area (Å²) in [5.74, 6) is -0.616. The van der Waals surface area contributed by atoms with Gasteiger partial charge < -0.3 is 4.74 Å². The van der Waals surface area contributed by atoms with Crippen LogP contribution in [0.4, 0.5) is 10.5 Å². The minimum Gasteiger partial charge on any atom is -0.491 e. The highest BCUT2D eigenvalue weighted by Gasteiger charge is 2.37. The predicted octanol–water partition coefficient (Wildman–Crippen LogP) is 6.22. The lowest BCUT2D eigenvalue weighted by Crippen LogP contribution is -2.54. The Hall–Kier alpha value is -1.87. The van der Waals surface area contributed by atoms with Crippen LogP contribution in [0.15, 0.2) is 44.9 Å². The van der Waals surface area contributed by atoms with Crippen molar-refractivity contribution in [2.24, 2.45) is 5.92 Å². The Morgan fingerprint density at radius 3 is 2.29 bits per heavy atom. The van der Waals surface area contributed by atoms with E-state index in [1.807, 2.05) is 13.8 Å². The quantitative estimate of drug-likeness (QED) is 0.331. The van der Waals surface area contributed by atoms with Crippen LogP contribution >= 0.6 is 55.1 Å². The van der Waals surface area contributed by atoms with Gasteiger partial charge in [0.1, 0.15) is 11.3 Å². The maximum atomic E-state index is 13.0. The van der Waals surface area contributed by atoms with Gasteiger partial charge in [0.25, 0.3) is 11.8 Å². The van der Waals surface area contributed by atoms with Crippen LogP contribution in [0.3, 0.4) is 0 Å². The summed E-state index contributed by atoms with van der Waals surface area (Å²) in [5, 5.41) is 2.62. The van der Waals surface area contributed by atoms with E-state index in [1.165, 1.54) is 24.3 Å². The molecule has 1 N–H and O–H groups in total. The van der Waals surface area contributed by atoms with E-state index in [1.54, 1.807) is 12.1 Å². The number of amides is 4. The second-order valence-corrected chi connectivity index (χ2v) is 9.60. The van der Waals surface area contributed by atoms with Gasteiger partial charge in [-0.05, 0) is 79.7 Å². The van der Waals surface area contributed by atoms with E-state index in [0.29, 0.717) is 32.8 Å². The summed E-state index contributed by atoms with van der Waals surface area (Å²) < 4.78 is 7.09. The molecule has 1 fully saturated rings. The van der Waals surface area contributed by atoms with Crippen molar-refractivity contribution in [2.75, 3.05) is 11.5 Å². The molecule has 0 saturated carbocycles. The fraction of sp³-hybridized carbons (Fsp3) is 0.190. The number of hydrogen-bond acceptors (Lipinski definition) is 4. The molecule has 6 nitrogen and oxygen atoms in total. The summed E-state index contributed by atoms with van der Waals surface area (Å²) in [6, 6.07) is 6.87. The smallest absolute Gasteiger partial charge is 0.335 e. The third-order valence-corrected chi connectivity index (χ3v) is 6.07. The first-order chi connectivity index (χ1) is 14.6. The van der Waals surface area contributed by atoms with E-state index in [2.05, 4.69) is 37.2 Å². The topological polar surface area (TPSA) is 75.7 Å². The van der Waals surface area contributed by atoms with E-state index in [0.717, 1.165) is 4.90 Å². The number of carbonyl (C=O) groups is 3. The van der Waals surface area contributed by atoms with Gasteiger partial charge in [0.15, 0.2) is 0 Å². The van der Waals surface area contributed by atoms with Crippen LogP contribution < -0.4 is 15.0 Å². The highest BCUT2D eigenvalue weighted by molar-refractivity contribution is 9.11. The van der Waals surface area contributed by atoms with Gasteiger partial charge in [0.2, 0.25) is 0 Å². The number of nitrogens with one attached hydrogen (secondary N) is 1. The number of hydrogen-bond donors (Lipinski definition) is 1. The molecular formula is C21H16Br2Cl2N2O4. The van der Waals surface area contributed by atoms with Crippen molar-refractivity contribution in [1.29, 1.82) is 0 Å². The number of barbiturate groups is 1. The van der Waals surface area contributed by atoms with Crippen LogP contribution in [0.1, 0.15) is 19.4 Å². The Bertz CT molecular complexity index is 1100. The Balaban J connectivity index is 1.97. The normalized spacial score (nSPS) is 15.6. The molecule has 0 radical (unpaired) electrons. The molecule has 3 rings (SSSR count). The molecule has 10 heteroatoms. The molecule has 0 unspecified atom stereocenters. The van der Waals surface area contributed by atoms with Crippen molar-refractivity contribution < 1.29 is 19.1 Å². The van der Waals surface area contributed by atoms with Crippen LogP contribution in [0, 0.1) is 5.92 Å². The molecule has 2 aromatic rings. The van der Waals surface area contributed by atoms with Gasteiger partial charge in [0.05, 0.1) is 31.3 Å². The maximum absolute atomic E-state index is 13.0. The van der Waals surface area contributed by atoms with E-state index < -0.39 is 17.8 Å². The Morgan fingerprint density at radius 1 is 1.06 bits per heavy atom. The minimum absolute atomic E-state index is 0.173. The zero-order valence-corrected chi connectivity index (χ0v) is 21.0. The second-order valence-electron chi connectivity index (χ2n) is 7.07. The lowest BCUT2D eigenvalue weighted by molar-refractivity contribution is -0.122. The number of urea groups is 1. The second kappa shape index (κ2) is 9.73.